The largest absolute Gasteiger partial charge is 0.308 e. The molecule has 0 amide bonds. The number of hydrogen-bond donors (Lipinski definition) is 2. The van der Waals surface area contributed by atoms with Crippen LogP contribution in [0.2, 0.25) is 0 Å². The zero-order valence-electron chi connectivity index (χ0n) is 4.94. The first-order valence-corrected chi connectivity index (χ1v) is 2.52. The average Bonchev–Trinajstić information content (AvgIpc) is 1.95. The fourth-order valence-corrected chi connectivity index (χ4v) is 0.498. The SMILES string of the molecule is NNc1ccc(F)c(F)n1. The molecule has 0 atom stereocenters. The molecule has 10 heavy (non-hydrogen) atoms. The first-order chi connectivity index (χ1) is 4.74. The Hall–Kier alpha value is -1.23. The number of anilines is 1. The number of aromatic nitrogens is 1. The van der Waals surface area contributed by atoms with Gasteiger partial charge in [-0.25, -0.2) is 10.2 Å². The molecule has 0 aliphatic carbocycles. The summed E-state index contributed by atoms with van der Waals surface area (Å²) < 4.78 is 24.3. The Morgan fingerprint density at radius 2 is 2.10 bits per heavy atom. The topological polar surface area (TPSA) is 50.9 Å². The van der Waals surface area contributed by atoms with E-state index in [1.807, 2.05) is 0 Å². The Bertz CT molecular complexity index is 238. The number of nitrogen functional groups attached to an aromatic ring is 1. The minimum atomic E-state index is -1.16. The summed E-state index contributed by atoms with van der Waals surface area (Å²) in [6, 6.07) is 2.18. The van der Waals surface area contributed by atoms with E-state index < -0.39 is 11.8 Å². The molecule has 3 nitrogen and oxygen atoms in total. The van der Waals surface area contributed by atoms with Crippen molar-refractivity contribution < 1.29 is 8.78 Å². The van der Waals surface area contributed by atoms with Crippen molar-refractivity contribution in [2.24, 2.45) is 5.84 Å². The second-order valence-corrected chi connectivity index (χ2v) is 1.61. The minimum absolute atomic E-state index is 0.0962. The molecule has 1 aromatic rings. The van der Waals surface area contributed by atoms with E-state index in [0.717, 1.165) is 6.07 Å². The second kappa shape index (κ2) is 2.57. The van der Waals surface area contributed by atoms with Crippen molar-refractivity contribution in [2.45, 2.75) is 0 Å². The van der Waals surface area contributed by atoms with Gasteiger partial charge in [-0.1, -0.05) is 0 Å². The third-order valence-corrected chi connectivity index (χ3v) is 0.951. The highest BCUT2D eigenvalue weighted by molar-refractivity contribution is 5.31. The Balaban J connectivity index is 3.04. The van der Waals surface area contributed by atoms with Crippen LogP contribution in [0.15, 0.2) is 12.1 Å². The molecule has 0 saturated heterocycles. The van der Waals surface area contributed by atoms with Crippen LogP contribution in [0.1, 0.15) is 0 Å². The Kier molecular flexibility index (Phi) is 1.77. The van der Waals surface area contributed by atoms with Gasteiger partial charge in [-0.3, -0.25) is 0 Å². The van der Waals surface area contributed by atoms with E-state index in [-0.39, 0.29) is 5.82 Å². The van der Waals surface area contributed by atoms with Gasteiger partial charge < -0.3 is 5.43 Å². The van der Waals surface area contributed by atoms with Crippen LogP contribution in [0, 0.1) is 11.8 Å². The highest BCUT2D eigenvalue weighted by Crippen LogP contribution is 2.05. The van der Waals surface area contributed by atoms with Crippen LogP contribution in [0.25, 0.3) is 0 Å². The first kappa shape index (κ1) is 6.88. The summed E-state index contributed by atoms with van der Waals surface area (Å²) in [5, 5.41) is 0. The zero-order valence-corrected chi connectivity index (χ0v) is 4.94. The van der Waals surface area contributed by atoms with Gasteiger partial charge in [-0.05, 0) is 12.1 Å². The average molecular weight is 145 g/mol. The normalized spacial score (nSPS) is 9.50. The Labute approximate surface area is 55.8 Å². The molecule has 5 heteroatoms. The summed E-state index contributed by atoms with van der Waals surface area (Å²) in [6.07, 6.45) is 0. The van der Waals surface area contributed by atoms with Crippen molar-refractivity contribution in [3.05, 3.63) is 23.9 Å². The van der Waals surface area contributed by atoms with Crippen molar-refractivity contribution in [3.8, 4) is 0 Å². The highest BCUT2D eigenvalue weighted by Gasteiger charge is 2.01. The van der Waals surface area contributed by atoms with Gasteiger partial charge in [0.2, 0.25) is 0 Å². The van der Waals surface area contributed by atoms with E-state index in [4.69, 9.17) is 5.84 Å². The fourth-order valence-electron chi connectivity index (χ4n) is 0.498. The second-order valence-electron chi connectivity index (χ2n) is 1.61. The van der Waals surface area contributed by atoms with Gasteiger partial charge >= 0.3 is 0 Å². The lowest BCUT2D eigenvalue weighted by molar-refractivity contribution is 0.480. The van der Waals surface area contributed by atoms with Gasteiger partial charge in [-0.2, -0.15) is 9.37 Å². The lowest BCUT2D eigenvalue weighted by atomic mass is 10.4. The van der Waals surface area contributed by atoms with Crippen LogP contribution in [0.5, 0.6) is 0 Å². The van der Waals surface area contributed by atoms with Gasteiger partial charge in [0.05, 0.1) is 0 Å². The Morgan fingerprint density at radius 3 is 2.60 bits per heavy atom. The van der Waals surface area contributed by atoms with Gasteiger partial charge in [0.15, 0.2) is 5.82 Å². The number of nitrogens with one attached hydrogen (secondary N) is 1. The first-order valence-electron chi connectivity index (χ1n) is 2.52. The predicted molar refractivity (Wildman–Crippen MR) is 32.0 cm³/mol. The monoisotopic (exact) mass is 145 g/mol. The van der Waals surface area contributed by atoms with Crippen LogP contribution in [-0.4, -0.2) is 4.98 Å². The third kappa shape index (κ3) is 1.19. The number of pyridine rings is 1. The van der Waals surface area contributed by atoms with E-state index >= 15 is 0 Å². The molecule has 0 fully saturated rings. The lowest BCUT2D eigenvalue weighted by Gasteiger charge is -1.96. The summed E-state index contributed by atoms with van der Waals surface area (Å²) in [5.74, 6) is 2.82. The molecule has 0 aliphatic rings. The molecule has 54 valence electrons. The third-order valence-electron chi connectivity index (χ3n) is 0.951. The van der Waals surface area contributed by atoms with Crippen LogP contribution in [-0.2, 0) is 0 Å². The maximum absolute atomic E-state index is 12.2. The molecule has 0 saturated carbocycles. The zero-order chi connectivity index (χ0) is 7.56. The number of hydrazine groups is 1. The van der Waals surface area contributed by atoms with E-state index in [9.17, 15) is 8.78 Å². The summed E-state index contributed by atoms with van der Waals surface area (Å²) in [4.78, 5) is 3.11. The van der Waals surface area contributed by atoms with Crippen molar-refractivity contribution in [1.82, 2.24) is 4.98 Å². The minimum Gasteiger partial charge on any atom is -0.308 e. The predicted octanol–water partition coefficient (Wildman–Crippen LogP) is 0.645. The molecule has 0 radical (unpaired) electrons. The smallest absolute Gasteiger partial charge is 0.250 e. The van der Waals surface area contributed by atoms with Crippen LogP contribution in [0.4, 0.5) is 14.6 Å². The van der Waals surface area contributed by atoms with Gasteiger partial charge in [0.1, 0.15) is 5.82 Å². The fraction of sp³-hybridized carbons (Fsp3) is 0. The van der Waals surface area contributed by atoms with E-state index in [2.05, 4.69) is 10.4 Å². The van der Waals surface area contributed by atoms with Crippen LogP contribution in [0.3, 0.4) is 0 Å². The van der Waals surface area contributed by atoms with E-state index in [1.165, 1.54) is 6.07 Å². The molecular weight excluding hydrogens is 140 g/mol. The van der Waals surface area contributed by atoms with Gasteiger partial charge in [0, 0.05) is 0 Å². The van der Waals surface area contributed by atoms with Gasteiger partial charge in [0.25, 0.3) is 5.95 Å². The number of nitrogens with two attached hydrogens (primary N) is 1. The number of nitrogens with zero attached hydrogens (tertiary/aromatic N) is 1. The van der Waals surface area contributed by atoms with Crippen molar-refractivity contribution in [2.75, 3.05) is 5.43 Å². The summed E-state index contributed by atoms with van der Waals surface area (Å²) in [5.41, 5.74) is 2.08. The lowest BCUT2D eigenvalue weighted by Crippen LogP contribution is -2.09. The molecule has 1 rings (SSSR count). The molecule has 0 aliphatic heterocycles. The maximum Gasteiger partial charge on any atom is 0.250 e. The number of hydrogen-bond acceptors (Lipinski definition) is 3. The van der Waals surface area contributed by atoms with Crippen molar-refractivity contribution in [3.63, 3.8) is 0 Å². The van der Waals surface area contributed by atoms with Crippen molar-refractivity contribution >= 4 is 5.82 Å². The molecule has 1 heterocycles. The van der Waals surface area contributed by atoms with Crippen LogP contribution >= 0.6 is 0 Å². The quantitative estimate of drug-likeness (QED) is 0.346. The van der Waals surface area contributed by atoms with Gasteiger partial charge in [-0.15, -0.1) is 0 Å². The number of rotatable bonds is 1. The molecule has 0 bridgehead atoms. The molecule has 0 unspecified atom stereocenters. The Morgan fingerprint density at radius 1 is 1.40 bits per heavy atom. The molecule has 1 aromatic heterocycles. The summed E-state index contributed by atoms with van der Waals surface area (Å²) in [6.45, 7) is 0. The van der Waals surface area contributed by atoms with Crippen molar-refractivity contribution in [1.29, 1.82) is 0 Å². The standard InChI is InChI=1S/C5H5F2N3/c6-3-1-2-4(10-8)9-5(3)7/h1-2H,8H2,(H,9,10). The molecule has 0 aromatic carbocycles. The van der Waals surface area contributed by atoms with Crippen LogP contribution < -0.4 is 11.3 Å². The molecule has 0 spiro atoms. The summed E-state index contributed by atoms with van der Waals surface area (Å²) >= 11 is 0. The molecular formula is C5H5F2N3. The molecule has 3 N–H and O–H groups in total. The van der Waals surface area contributed by atoms with E-state index in [1.54, 1.807) is 0 Å². The maximum atomic E-state index is 12.2. The van der Waals surface area contributed by atoms with E-state index in [0.29, 0.717) is 0 Å². The highest BCUT2D eigenvalue weighted by atomic mass is 19.2. The summed E-state index contributed by atoms with van der Waals surface area (Å²) in [7, 11) is 0. The number of halogens is 2.